The van der Waals surface area contributed by atoms with Gasteiger partial charge in [0.1, 0.15) is 6.54 Å². The molecule has 5 rings (SSSR count). The summed E-state index contributed by atoms with van der Waals surface area (Å²) < 4.78 is 5.48. The summed E-state index contributed by atoms with van der Waals surface area (Å²) in [5.41, 5.74) is 4.87. The van der Waals surface area contributed by atoms with Gasteiger partial charge in [0.05, 0.1) is 18.7 Å². The number of ether oxygens (including phenoxy) is 1. The van der Waals surface area contributed by atoms with Gasteiger partial charge in [-0.2, -0.15) is 0 Å². The number of carbonyl (C=O) groups is 2. The van der Waals surface area contributed by atoms with Crippen molar-refractivity contribution in [3.05, 3.63) is 59.7 Å². The molecule has 2 aliphatic heterocycles. The fourth-order valence-electron chi connectivity index (χ4n) is 5.93. The van der Waals surface area contributed by atoms with Crippen molar-refractivity contribution in [2.45, 2.75) is 56.7 Å². The summed E-state index contributed by atoms with van der Waals surface area (Å²) >= 11 is 0. The molecule has 3 amide bonds. The molecule has 6 nitrogen and oxygen atoms in total. The summed E-state index contributed by atoms with van der Waals surface area (Å²) in [6.45, 7) is 3.34. The van der Waals surface area contributed by atoms with Crippen LogP contribution in [0.1, 0.15) is 42.7 Å². The van der Waals surface area contributed by atoms with Crippen molar-refractivity contribution in [2.24, 2.45) is 0 Å². The lowest BCUT2D eigenvalue weighted by Crippen LogP contribution is -2.74. The van der Waals surface area contributed by atoms with Crippen LogP contribution >= 0.6 is 0 Å². The highest BCUT2D eigenvalue weighted by atomic mass is 16.5. The SMILES string of the molecule is COC[C@H]1[C@@H](c2ccc(-c3ccccc3C)cc2)[C@@H]2CN(C(=O)NC3CCCC3)CC(=O)N12. The van der Waals surface area contributed by atoms with Gasteiger partial charge in [-0.15, -0.1) is 0 Å². The van der Waals surface area contributed by atoms with Gasteiger partial charge >= 0.3 is 6.03 Å². The highest BCUT2D eigenvalue weighted by Crippen LogP contribution is 2.43. The van der Waals surface area contributed by atoms with Crippen LogP contribution in [0.25, 0.3) is 11.1 Å². The largest absolute Gasteiger partial charge is 0.383 e. The minimum atomic E-state index is -0.0984. The Hall–Kier alpha value is -2.86. The van der Waals surface area contributed by atoms with Gasteiger partial charge in [0.15, 0.2) is 0 Å². The van der Waals surface area contributed by atoms with Gasteiger partial charge in [0.25, 0.3) is 0 Å². The van der Waals surface area contributed by atoms with Crippen LogP contribution in [0.3, 0.4) is 0 Å². The lowest BCUT2D eigenvalue weighted by Gasteiger charge is -2.59. The second-order valence-corrected chi connectivity index (χ2v) is 9.67. The predicted octanol–water partition coefficient (Wildman–Crippen LogP) is 3.94. The Morgan fingerprint density at radius 2 is 1.82 bits per heavy atom. The number of fused-ring (bicyclic) bond motifs is 1. The molecule has 2 saturated heterocycles. The van der Waals surface area contributed by atoms with Crippen molar-refractivity contribution in [1.29, 1.82) is 0 Å². The smallest absolute Gasteiger partial charge is 0.318 e. The number of aryl methyl sites for hydroxylation is 1. The third-order valence-corrected chi connectivity index (χ3v) is 7.62. The van der Waals surface area contributed by atoms with E-state index in [4.69, 9.17) is 4.74 Å². The molecule has 2 aromatic rings. The van der Waals surface area contributed by atoms with Crippen molar-refractivity contribution in [3.63, 3.8) is 0 Å². The van der Waals surface area contributed by atoms with Crippen LogP contribution < -0.4 is 5.32 Å². The van der Waals surface area contributed by atoms with E-state index in [-0.39, 0.29) is 42.5 Å². The maximum atomic E-state index is 13.0. The number of hydrogen-bond acceptors (Lipinski definition) is 3. The van der Waals surface area contributed by atoms with E-state index in [1.807, 2.05) is 4.90 Å². The molecular weight excluding hydrogens is 414 g/mol. The first kappa shape index (κ1) is 22.0. The standard InChI is InChI=1S/C27H33N3O3/c1-18-7-3-6-10-22(18)19-11-13-20(14-12-19)26-23-15-29(27(32)28-21-8-4-5-9-21)16-25(31)30(23)24(26)17-33-2/h3,6-7,10-14,21,23-24,26H,4-5,8-9,15-17H2,1-2H3,(H,28,32)/t23-,24-,26-/m0/s1. The van der Waals surface area contributed by atoms with Crippen molar-refractivity contribution in [1.82, 2.24) is 15.1 Å². The molecule has 174 valence electrons. The number of carbonyl (C=O) groups excluding carboxylic acids is 2. The number of piperazine rings is 1. The molecule has 0 aromatic heterocycles. The average Bonchev–Trinajstić information content (AvgIpc) is 3.31. The van der Waals surface area contributed by atoms with Crippen LogP contribution in [-0.4, -0.2) is 66.7 Å². The second-order valence-electron chi connectivity index (χ2n) is 9.67. The molecule has 3 aliphatic rings. The molecule has 2 heterocycles. The van der Waals surface area contributed by atoms with E-state index in [0.717, 1.165) is 12.8 Å². The van der Waals surface area contributed by atoms with Crippen molar-refractivity contribution in [3.8, 4) is 11.1 Å². The maximum Gasteiger partial charge on any atom is 0.318 e. The third kappa shape index (κ3) is 4.12. The first-order valence-electron chi connectivity index (χ1n) is 12.1. The zero-order valence-electron chi connectivity index (χ0n) is 19.5. The zero-order valence-corrected chi connectivity index (χ0v) is 19.5. The van der Waals surface area contributed by atoms with Crippen LogP contribution in [0.2, 0.25) is 0 Å². The van der Waals surface area contributed by atoms with Crippen molar-refractivity contribution < 1.29 is 14.3 Å². The lowest BCUT2D eigenvalue weighted by atomic mass is 9.73. The van der Waals surface area contributed by atoms with Gasteiger partial charge in [-0.05, 0) is 42.0 Å². The Morgan fingerprint density at radius 1 is 1.09 bits per heavy atom. The lowest BCUT2D eigenvalue weighted by molar-refractivity contribution is -0.160. The van der Waals surface area contributed by atoms with Crippen LogP contribution in [0.15, 0.2) is 48.5 Å². The number of amides is 3. The summed E-state index contributed by atoms with van der Waals surface area (Å²) in [5.74, 6) is 0.171. The van der Waals surface area contributed by atoms with Crippen LogP contribution in [0.5, 0.6) is 0 Å². The summed E-state index contributed by atoms with van der Waals surface area (Å²) in [6, 6.07) is 17.2. The number of rotatable bonds is 5. The van der Waals surface area contributed by atoms with Crippen LogP contribution in [-0.2, 0) is 9.53 Å². The van der Waals surface area contributed by atoms with E-state index in [1.54, 1.807) is 12.0 Å². The van der Waals surface area contributed by atoms with Crippen molar-refractivity contribution >= 4 is 11.9 Å². The van der Waals surface area contributed by atoms with E-state index < -0.39 is 0 Å². The molecule has 6 heteroatoms. The van der Waals surface area contributed by atoms with Crippen LogP contribution in [0.4, 0.5) is 4.79 Å². The first-order chi connectivity index (χ1) is 16.1. The molecule has 1 N–H and O–H groups in total. The molecule has 1 aliphatic carbocycles. The van der Waals surface area contributed by atoms with Crippen LogP contribution in [0, 0.1) is 6.92 Å². The zero-order chi connectivity index (χ0) is 22.9. The first-order valence-corrected chi connectivity index (χ1v) is 12.1. The Labute approximate surface area is 195 Å². The quantitative estimate of drug-likeness (QED) is 0.755. The minimum Gasteiger partial charge on any atom is -0.383 e. The highest BCUT2D eigenvalue weighted by Gasteiger charge is 2.54. The van der Waals surface area contributed by atoms with Gasteiger partial charge in [-0.3, -0.25) is 4.79 Å². The van der Waals surface area contributed by atoms with Gasteiger partial charge < -0.3 is 19.9 Å². The Kier molecular flexibility index (Phi) is 6.11. The number of hydrogen-bond donors (Lipinski definition) is 1. The molecule has 2 aromatic carbocycles. The third-order valence-electron chi connectivity index (χ3n) is 7.62. The Balaban J connectivity index is 1.35. The Morgan fingerprint density at radius 3 is 2.52 bits per heavy atom. The predicted molar refractivity (Wildman–Crippen MR) is 128 cm³/mol. The summed E-state index contributed by atoms with van der Waals surface area (Å²) in [4.78, 5) is 29.5. The molecule has 1 saturated carbocycles. The molecule has 0 radical (unpaired) electrons. The van der Waals surface area contributed by atoms with E-state index in [0.29, 0.717) is 13.2 Å². The normalized spacial score (nSPS) is 25.0. The number of benzene rings is 2. The summed E-state index contributed by atoms with van der Waals surface area (Å²) in [7, 11) is 1.68. The number of methoxy groups -OCH3 is 1. The fraction of sp³-hybridized carbons (Fsp3) is 0.481. The summed E-state index contributed by atoms with van der Waals surface area (Å²) in [6.07, 6.45) is 4.41. The number of urea groups is 1. The summed E-state index contributed by atoms with van der Waals surface area (Å²) in [5, 5.41) is 3.14. The van der Waals surface area contributed by atoms with E-state index in [1.165, 1.54) is 35.1 Å². The van der Waals surface area contributed by atoms with Gasteiger partial charge in [0, 0.05) is 25.6 Å². The fourth-order valence-corrected chi connectivity index (χ4v) is 5.93. The molecule has 33 heavy (non-hydrogen) atoms. The number of nitrogens with one attached hydrogen (secondary N) is 1. The Bertz CT molecular complexity index is 1020. The molecule has 0 unspecified atom stereocenters. The number of nitrogens with zero attached hydrogens (tertiary/aromatic N) is 2. The highest BCUT2D eigenvalue weighted by molar-refractivity contribution is 5.87. The molecular formula is C27H33N3O3. The van der Waals surface area contributed by atoms with E-state index >= 15 is 0 Å². The molecule has 0 bridgehead atoms. The van der Waals surface area contributed by atoms with E-state index in [2.05, 4.69) is 60.8 Å². The minimum absolute atomic E-state index is 0.00922. The molecule has 0 spiro atoms. The second kappa shape index (κ2) is 9.18. The van der Waals surface area contributed by atoms with E-state index in [9.17, 15) is 9.59 Å². The average molecular weight is 448 g/mol. The topological polar surface area (TPSA) is 61.9 Å². The van der Waals surface area contributed by atoms with Gasteiger partial charge in [-0.25, -0.2) is 4.79 Å². The molecule has 3 fully saturated rings. The van der Waals surface area contributed by atoms with Gasteiger partial charge in [0.2, 0.25) is 5.91 Å². The monoisotopic (exact) mass is 447 g/mol. The van der Waals surface area contributed by atoms with Gasteiger partial charge in [-0.1, -0.05) is 61.4 Å². The van der Waals surface area contributed by atoms with Crippen molar-refractivity contribution in [2.75, 3.05) is 26.8 Å². The maximum absolute atomic E-state index is 13.0. The molecule has 3 atom stereocenters.